The SMILES string of the molecule is CC1CCCN(c2cc(NCc3ccc(N(C)C(=O)c4ccncc4)cc3)ncn2)C1. The second kappa shape index (κ2) is 9.55. The topological polar surface area (TPSA) is 74.2 Å². The van der Waals surface area contributed by atoms with Gasteiger partial charge in [0, 0.05) is 56.4 Å². The molecule has 31 heavy (non-hydrogen) atoms. The molecule has 7 heteroatoms. The molecule has 0 aliphatic carbocycles. The standard InChI is InChI=1S/C24H28N6O/c1-18-4-3-13-30(16-18)23-14-22(27-17-28-23)26-15-19-5-7-21(8-6-19)29(2)24(31)20-9-11-25-12-10-20/h5-12,14,17-18H,3-4,13,15-16H2,1-2H3,(H,26,27,28). The molecule has 0 saturated carbocycles. The summed E-state index contributed by atoms with van der Waals surface area (Å²) < 4.78 is 0. The van der Waals surface area contributed by atoms with Crippen LogP contribution >= 0.6 is 0 Å². The number of pyridine rings is 1. The first-order chi connectivity index (χ1) is 15.1. The van der Waals surface area contributed by atoms with E-state index in [9.17, 15) is 4.79 Å². The van der Waals surface area contributed by atoms with E-state index < -0.39 is 0 Å². The number of carbonyl (C=O) groups excluding carboxylic acids is 1. The highest BCUT2D eigenvalue weighted by Crippen LogP contribution is 2.23. The molecule has 3 aromatic rings. The second-order valence-corrected chi connectivity index (χ2v) is 8.07. The molecule has 1 aliphatic heterocycles. The predicted molar refractivity (Wildman–Crippen MR) is 123 cm³/mol. The molecule has 1 fully saturated rings. The minimum absolute atomic E-state index is 0.0613. The summed E-state index contributed by atoms with van der Waals surface area (Å²) in [6, 6.07) is 13.4. The van der Waals surface area contributed by atoms with Crippen molar-refractivity contribution in [2.24, 2.45) is 5.92 Å². The van der Waals surface area contributed by atoms with Crippen LogP contribution in [0, 0.1) is 5.92 Å². The minimum Gasteiger partial charge on any atom is -0.366 e. The summed E-state index contributed by atoms with van der Waals surface area (Å²) in [5.41, 5.74) is 2.57. The van der Waals surface area contributed by atoms with Crippen molar-refractivity contribution in [2.75, 3.05) is 35.3 Å². The average Bonchev–Trinajstić information content (AvgIpc) is 2.83. The number of nitrogens with one attached hydrogen (secondary N) is 1. The van der Waals surface area contributed by atoms with Crippen LogP contribution in [0.3, 0.4) is 0 Å². The van der Waals surface area contributed by atoms with Crippen LogP contribution in [-0.4, -0.2) is 41.0 Å². The number of hydrogen-bond donors (Lipinski definition) is 1. The number of benzene rings is 1. The third-order valence-corrected chi connectivity index (χ3v) is 5.66. The van der Waals surface area contributed by atoms with E-state index in [-0.39, 0.29) is 5.91 Å². The number of aromatic nitrogens is 3. The zero-order valence-electron chi connectivity index (χ0n) is 18.0. The van der Waals surface area contributed by atoms with E-state index in [1.54, 1.807) is 42.8 Å². The van der Waals surface area contributed by atoms with Crippen molar-refractivity contribution in [3.05, 3.63) is 72.3 Å². The predicted octanol–water partition coefficient (Wildman–Crippen LogP) is 4.00. The fraction of sp³-hybridized carbons (Fsp3) is 0.333. The molecule has 2 aromatic heterocycles. The molecule has 1 aliphatic rings. The third-order valence-electron chi connectivity index (χ3n) is 5.66. The Bertz CT molecular complexity index is 1010. The Hall–Kier alpha value is -3.48. The summed E-state index contributed by atoms with van der Waals surface area (Å²) in [5, 5.41) is 3.38. The number of amides is 1. The zero-order chi connectivity index (χ0) is 21.6. The van der Waals surface area contributed by atoms with Gasteiger partial charge in [-0.2, -0.15) is 0 Å². The summed E-state index contributed by atoms with van der Waals surface area (Å²) in [6.07, 6.45) is 7.37. The Morgan fingerprint density at radius 3 is 2.68 bits per heavy atom. The van der Waals surface area contributed by atoms with Crippen molar-refractivity contribution in [3.63, 3.8) is 0 Å². The van der Waals surface area contributed by atoms with Crippen molar-refractivity contribution < 1.29 is 4.79 Å². The molecular weight excluding hydrogens is 388 g/mol. The Balaban J connectivity index is 1.36. The van der Waals surface area contributed by atoms with Crippen LogP contribution in [0.25, 0.3) is 0 Å². The lowest BCUT2D eigenvalue weighted by Gasteiger charge is -2.31. The molecule has 0 spiro atoms. The lowest BCUT2D eigenvalue weighted by molar-refractivity contribution is 0.0993. The van der Waals surface area contributed by atoms with Gasteiger partial charge >= 0.3 is 0 Å². The highest BCUT2D eigenvalue weighted by molar-refractivity contribution is 6.05. The summed E-state index contributed by atoms with van der Waals surface area (Å²) in [4.78, 5) is 29.4. The zero-order valence-corrected chi connectivity index (χ0v) is 18.0. The number of rotatable bonds is 6. The largest absolute Gasteiger partial charge is 0.366 e. The summed E-state index contributed by atoms with van der Waals surface area (Å²) in [6.45, 7) is 5.03. The van der Waals surface area contributed by atoms with Crippen molar-refractivity contribution in [1.29, 1.82) is 0 Å². The van der Waals surface area contributed by atoms with Crippen LogP contribution in [-0.2, 0) is 6.54 Å². The molecule has 1 N–H and O–H groups in total. The van der Waals surface area contributed by atoms with E-state index in [4.69, 9.17) is 0 Å². The summed E-state index contributed by atoms with van der Waals surface area (Å²) in [7, 11) is 1.78. The molecule has 3 heterocycles. The van der Waals surface area contributed by atoms with Gasteiger partial charge in [-0.25, -0.2) is 9.97 Å². The van der Waals surface area contributed by atoms with Crippen LogP contribution in [0.4, 0.5) is 17.3 Å². The maximum atomic E-state index is 12.6. The van der Waals surface area contributed by atoms with Gasteiger partial charge in [-0.15, -0.1) is 0 Å². The molecule has 1 unspecified atom stereocenters. The van der Waals surface area contributed by atoms with Crippen LogP contribution < -0.4 is 15.1 Å². The lowest BCUT2D eigenvalue weighted by atomic mass is 10.0. The second-order valence-electron chi connectivity index (χ2n) is 8.07. The highest BCUT2D eigenvalue weighted by atomic mass is 16.2. The number of carbonyl (C=O) groups is 1. The molecule has 1 atom stereocenters. The molecule has 1 saturated heterocycles. The van der Waals surface area contributed by atoms with Crippen LogP contribution in [0.15, 0.2) is 61.2 Å². The van der Waals surface area contributed by atoms with Gasteiger partial charge in [0.15, 0.2) is 0 Å². The fourth-order valence-electron chi connectivity index (χ4n) is 3.85. The van der Waals surface area contributed by atoms with Gasteiger partial charge < -0.3 is 15.1 Å². The van der Waals surface area contributed by atoms with Gasteiger partial charge in [-0.05, 0) is 48.6 Å². The van der Waals surface area contributed by atoms with Crippen LogP contribution in [0.1, 0.15) is 35.7 Å². The molecular formula is C24H28N6O. The van der Waals surface area contributed by atoms with Crippen molar-refractivity contribution in [2.45, 2.75) is 26.3 Å². The minimum atomic E-state index is -0.0613. The van der Waals surface area contributed by atoms with E-state index in [0.717, 1.165) is 36.0 Å². The van der Waals surface area contributed by atoms with Crippen LogP contribution in [0.5, 0.6) is 0 Å². The molecule has 1 aromatic carbocycles. The first-order valence-corrected chi connectivity index (χ1v) is 10.7. The molecule has 0 radical (unpaired) electrons. The monoisotopic (exact) mass is 416 g/mol. The van der Waals surface area contributed by atoms with Gasteiger partial charge in [0.1, 0.15) is 18.0 Å². The maximum absolute atomic E-state index is 12.6. The van der Waals surface area contributed by atoms with E-state index >= 15 is 0 Å². The van der Waals surface area contributed by atoms with E-state index in [0.29, 0.717) is 18.0 Å². The van der Waals surface area contributed by atoms with Crippen molar-refractivity contribution in [1.82, 2.24) is 15.0 Å². The van der Waals surface area contributed by atoms with E-state index in [1.807, 2.05) is 30.3 Å². The molecule has 7 nitrogen and oxygen atoms in total. The van der Waals surface area contributed by atoms with Crippen molar-refractivity contribution in [3.8, 4) is 0 Å². The first-order valence-electron chi connectivity index (χ1n) is 10.7. The van der Waals surface area contributed by atoms with E-state index in [1.165, 1.54) is 12.8 Å². The van der Waals surface area contributed by atoms with Gasteiger partial charge in [0.05, 0.1) is 0 Å². The van der Waals surface area contributed by atoms with Crippen LogP contribution in [0.2, 0.25) is 0 Å². The Morgan fingerprint density at radius 1 is 1.16 bits per heavy atom. The number of hydrogen-bond acceptors (Lipinski definition) is 6. The quantitative estimate of drug-likeness (QED) is 0.655. The highest BCUT2D eigenvalue weighted by Gasteiger charge is 2.18. The molecule has 160 valence electrons. The number of anilines is 3. The smallest absolute Gasteiger partial charge is 0.258 e. The van der Waals surface area contributed by atoms with Gasteiger partial charge in [-0.3, -0.25) is 9.78 Å². The van der Waals surface area contributed by atoms with Gasteiger partial charge in [0.25, 0.3) is 5.91 Å². The third kappa shape index (κ3) is 5.17. The lowest BCUT2D eigenvalue weighted by Crippen LogP contribution is -2.34. The Morgan fingerprint density at radius 2 is 1.94 bits per heavy atom. The molecule has 1 amide bonds. The maximum Gasteiger partial charge on any atom is 0.258 e. The number of piperidine rings is 1. The summed E-state index contributed by atoms with van der Waals surface area (Å²) >= 11 is 0. The van der Waals surface area contributed by atoms with Crippen molar-refractivity contribution >= 4 is 23.2 Å². The Labute approximate surface area is 183 Å². The Kier molecular flexibility index (Phi) is 6.40. The normalized spacial score (nSPS) is 16.1. The van der Waals surface area contributed by atoms with Gasteiger partial charge in [0.2, 0.25) is 0 Å². The molecule has 4 rings (SSSR count). The average molecular weight is 417 g/mol. The summed E-state index contributed by atoms with van der Waals surface area (Å²) in [5.74, 6) is 2.43. The van der Waals surface area contributed by atoms with E-state index in [2.05, 4.69) is 32.1 Å². The van der Waals surface area contributed by atoms with Gasteiger partial charge in [-0.1, -0.05) is 19.1 Å². The first kappa shape index (κ1) is 20.8. The number of nitrogens with zero attached hydrogens (tertiary/aromatic N) is 5. The fourth-order valence-corrected chi connectivity index (χ4v) is 3.85. The molecule has 0 bridgehead atoms.